The number of aliphatic carboxylic acids is 1. The van der Waals surface area contributed by atoms with E-state index in [1.54, 1.807) is 18.2 Å². The van der Waals surface area contributed by atoms with Crippen molar-refractivity contribution in [1.82, 2.24) is 0 Å². The summed E-state index contributed by atoms with van der Waals surface area (Å²) < 4.78 is 0. The Balaban J connectivity index is 2.38. The molecule has 1 aromatic rings. The summed E-state index contributed by atoms with van der Waals surface area (Å²) in [5.41, 5.74) is 7.55. The van der Waals surface area contributed by atoms with Gasteiger partial charge in [-0.3, -0.25) is 14.4 Å². The minimum Gasteiger partial charge on any atom is -0.481 e. The number of carboxylic acids is 1. The molecule has 1 aromatic carbocycles. The van der Waals surface area contributed by atoms with Gasteiger partial charge in [0.1, 0.15) is 5.92 Å². The van der Waals surface area contributed by atoms with Gasteiger partial charge in [0.15, 0.2) is 0 Å². The molecule has 0 saturated heterocycles. The summed E-state index contributed by atoms with van der Waals surface area (Å²) in [6, 6.07) is 5.13. The Morgan fingerprint density at radius 3 is 2.74 bits per heavy atom. The number of carbonyl (C=O) groups excluding carboxylic acids is 2. The Bertz CT molecular complexity index is 568. The maximum absolute atomic E-state index is 12.0. The molecule has 0 aromatic heterocycles. The summed E-state index contributed by atoms with van der Waals surface area (Å²) in [4.78, 5) is 35.7. The first-order valence-corrected chi connectivity index (χ1v) is 5.87. The topological polar surface area (TPSA) is 101 Å². The number of benzene rings is 1. The molecule has 0 fully saturated rings. The van der Waals surface area contributed by atoms with E-state index in [4.69, 9.17) is 10.8 Å². The minimum absolute atomic E-state index is 0.0985. The number of nitrogens with zero attached hydrogens (tertiary/aromatic N) is 1. The molecule has 2 amide bonds. The van der Waals surface area contributed by atoms with Crippen LogP contribution in [0.1, 0.15) is 18.1 Å². The number of hydrogen-bond donors (Lipinski definition) is 2. The van der Waals surface area contributed by atoms with Crippen LogP contribution in [0.5, 0.6) is 0 Å². The molecular formula is C13H14N2O4. The van der Waals surface area contributed by atoms with E-state index in [-0.39, 0.29) is 6.42 Å². The average Bonchev–Trinajstić information content (AvgIpc) is 2.71. The van der Waals surface area contributed by atoms with Gasteiger partial charge in [0.25, 0.3) is 0 Å². The Morgan fingerprint density at radius 1 is 1.47 bits per heavy atom. The lowest BCUT2D eigenvalue weighted by atomic mass is 10.1. The van der Waals surface area contributed by atoms with Gasteiger partial charge >= 0.3 is 5.97 Å². The first kappa shape index (κ1) is 13.2. The van der Waals surface area contributed by atoms with Gasteiger partial charge in [-0.2, -0.15) is 0 Å². The number of nitrogens with two attached hydrogens (primary N) is 1. The second-order valence-electron chi connectivity index (χ2n) is 4.47. The number of imide groups is 1. The Hall–Kier alpha value is -2.21. The normalized spacial score (nSPS) is 15.3. The molecule has 2 rings (SSSR count). The Labute approximate surface area is 109 Å². The van der Waals surface area contributed by atoms with E-state index >= 15 is 0 Å². The van der Waals surface area contributed by atoms with E-state index in [0.29, 0.717) is 17.8 Å². The standard InChI is InChI=1S/C13H14N2O4/c1-7(13(18)19)12(17)15-10-3-2-8(6-14)4-9(10)5-11(15)16/h2-4,7H,5-6,14H2,1H3,(H,18,19). The zero-order valence-electron chi connectivity index (χ0n) is 10.4. The quantitative estimate of drug-likeness (QED) is 0.762. The van der Waals surface area contributed by atoms with Crippen LogP contribution in [0.2, 0.25) is 0 Å². The number of anilines is 1. The van der Waals surface area contributed by atoms with Crippen molar-refractivity contribution in [1.29, 1.82) is 0 Å². The molecule has 3 N–H and O–H groups in total. The molecule has 6 nitrogen and oxygen atoms in total. The fourth-order valence-electron chi connectivity index (χ4n) is 2.04. The van der Waals surface area contributed by atoms with Gasteiger partial charge in [-0.1, -0.05) is 12.1 Å². The molecule has 0 aliphatic carbocycles. The fraction of sp³-hybridized carbons (Fsp3) is 0.308. The Kier molecular flexibility index (Phi) is 3.35. The van der Waals surface area contributed by atoms with Gasteiger partial charge in [-0.05, 0) is 24.1 Å². The second kappa shape index (κ2) is 4.81. The molecular weight excluding hydrogens is 248 g/mol. The number of carbonyl (C=O) groups is 3. The smallest absolute Gasteiger partial charge is 0.315 e. The zero-order valence-corrected chi connectivity index (χ0v) is 10.4. The Morgan fingerprint density at radius 2 is 2.16 bits per heavy atom. The first-order chi connectivity index (χ1) is 8.95. The maximum atomic E-state index is 12.0. The van der Waals surface area contributed by atoms with Gasteiger partial charge < -0.3 is 10.8 Å². The highest BCUT2D eigenvalue weighted by molar-refractivity contribution is 6.22. The summed E-state index contributed by atoms with van der Waals surface area (Å²) in [5, 5.41) is 8.85. The van der Waals surface area contributed by atoms with E-state index < -0.39 is 23.7 Å². The second-order valence-corrected chi connectivity index (χ2v) is 4.47. The van der Waals surface area contributed by atoms with Crippen molar-refractivity contribution >= 4 is 23.5 Å². The molecule has 1 aliphatic heterocycles. The third kappa shape index (κ3) is 2.22. The third-order valence-corrected chi connectivity index (χ3v) is 3.17. The molecule has 0 bridgehead atoms. The molecule has 1 atom stereocenters. The maximum Gasteiger partial charge on any atom is 0.315 e. The lowest BCUT2D eigenvalue weighted by Crippen LogP contribution is -2.40. The number of hydrogen-bond acceptors (Lipinski definition) is 4. The molecule has 0 spiro atoms. The van der Waals surface area contributed by atoms with Crippen LogP contribution < -0.4 is 10.6 Å². The molecule has 1 unspecified atom stereocenters. The van der Waals surface area contributed by atoms with Crippen LogP contribution in [-0.4, -0.2) is 22.9 Å². The summed E-state index contributed by atoms with van der Waals surface area (Å²) in [6.07, 6.45) is 0.0985. The van der Waals surface area contributed by atoms with Gasteiger partial charge in [0.2, 0.25) is 11.8 Å². The van der Waals surface area contributed by atoms with E-state index in [0.717, 1.165) is 10.5 Å². The van der Waals surface area contributed by atoms with Crippen LogP contribution in [0, 0.1) is 5.92 Å². The minimum atomic E-state index is -1.25. The van der Waals surface area contributed by atoms with Crippen LogP contribution in [0.3, 0.4) is 0 Å². The lowest BCUT2D eigenvalue weighted by Gasteiger charge is -2.18. The molecule has 0 saturated carbocycles. The molecule has 1 heterocycles. The molecule has 1 aliphatic rings. The van der Waals surface area contributed by atoms with Crippen molar-refractivity contribution in [3.8, 4) is 0 Å². The van der Waals surface area contributed by atoms with Gasteiger partial charge in [0.05, 0.1) is 12.1 Å². The first-order valence-electron chi connectivity index (χ1n) is 5.87. The van der Waals surface area contributed by atoms with E-state index in [1.807, 2.05) is 0 Å². The highest BCUT2D eigenvalue weighted by Gasteiger charge is 2.36. The van der Waals surface area contributed by atoms with Crippen molar-refractivity contribution < 1.29 is 19.5 Å². The van der Waals surface area contributed by atoms with E-state index in [9.17, 15) is 14.4 Å². The summed E-state index contributed by atoms with van der Waals surface area (Å²) in [7, 11) is 0. The van der Waals surface area contributed by atoms with Gasteiger partial charge in [-0.25, -0.2) is 4.90 Å². The summed E-state index contributed by atoms with van der Waals surface area (Å²) in [5.74, 6) is -3.60. The largest absolute Gasteiger partial charge is 0.481 e. The van der Waals surface area contributed by atoms with E-state index in [2.05, 4.69) is 0 Å². The fourth-order valence-corrected chi connectivity index (χ4v) is 2.04. The summed E-state index contributed by atoms with van der Waals surface area (Å²) >= 11 is 0. The predicted molar refractivity (Wildman–Crippen MR) is 67.3 cm³/mol. The van der Waals surface area contributed by atoms with Crippen LogP contribution in [0.4, 0.5) is 5.69 Å². The number of rotatable bonds is 3. The number of fused-ring (bicyclic) bond motifs is 1. The van der Waals surface area contributed by atoms with Gasteiger partial charge in [-0.15, -0.1) is 0 Å². The SMILES string of the molecule is CC(C(=O)O)C(=O)N1C(=O)Cc2cc(CN)ccc21. The van der Waals surface area contributed by atoms with Gasteiger partial charge in [0, 0.05) is 6.54 Å². The molecule has 0 radical (unpaired) electrons. The third-order valence-electron chi connectivity index (χ3n) is 3.17. The molecule has 6 heteroatoms. The average molecular weight is 262 g/mol. The van der Waals surface area contributed by atoms with Crippen molar-refractivity contribution in [3.05, 3.63) is 29.3 Å². The highest BCUT2D eigenvalue weighted by atomic mass is 16.4. The predicted octanol–water partition coefficient (Wildman–Crippen LogP) is 0.282. The molecule has 100 valence electrons. The zero-order chi connectivity index (χ0) is 14.2. The van der Waals surface area contributed by atoms with Crippen LogP contribution in [0.15, 0.2) is 18.2 Å². The summed E-state index contributed by atoms with van der Waals surface area (Å²) in [6.45, 7) is 1.62. The molecule has 19 heavy (non-hydrogen) atoms. The lowest BCUT2D eigenvalue weighted by molar-refractivity contribution is -0.145. The van der Waals surface area contributed by atoms with Crippen LogP contribution >= 0.6 is 0 Å². The number of amides is 2. The van der Waals surface area contributed by atoms with Crippen LogP contribution in [-0.2, 0) is 27.3 Å². The van der Waals surface area contributed by atoms with Crippen molar-refractivity contribution in [3.63, 3.8) is 0 Å². The number of carboxylic acid groups (broad SMARTS) is 1. The highest BCUT2D eigenvalue weighted by Crippen LogP contribution is 2.31. The van der Waals surface area contributed by atoms with E-state index in [1.165, 1.54) is 6.92 Å². The monoisotopic (exact) mass is 262 g/mol. The van der Waals surface area contributed by atoms with Crippen molar-refractivity contribution in [2.24, 2.45) is 11.7 Å². The van der Waals surface area contributed by atoms with Crippen molar-refractivity contribution in [2.75, 3.05) is 4.90 Å². The van der Waals surface area contributed by atoms with Crippen molar-refractivity contribution in [2.45, 2.75) is 19.9 Å². The van der Waals surface area contributed by atoms with Crippen LogP contribution in [0.25, 0.3) is 0 Å².